The monoisotopic (exact) mass is 634 g/mol. The lowest BCUT2D eigenvalue weighted by atomic mass is 10.0. The highest BCUT2D eigenvalue weighted by Gasteiger charge is 2.35. The van der Waals surface area contributed by atoms with Crippen molar-refractivity contribution in [3.63, 3.8) is 0 Å². The van der Waals surface area contributed by atoms with E-state index in [1.807, 2.05) is 0 Å². The highest BCUT2D eigenvalue weighted by Crippen LogP contribution is 2.44. The summed E-state index contributed by atoms with van der Waals surface area (Å²) < 4.78 is 53.8. The molecule has 222 valence electrons. The number of carbonyl (C=O) groups excluding carboxylic acids is 2. The van der Waals surface area contributed by atoms with Crippen LogP contribution in [0.1, 0.15) is 37.4 Å². The summed E-state index contributed by atoms with van der Waals surface area (Å²) in [5.74, 6) is -1.74. The molecule has 0 aliphatic rings. The van der Waals surface area contributed by atoms with Gasteiger partial charge in [-0.2, -0.15) is 18.3 Å². The van der Waals surface area contributed by atoms with Gasteiger partial charge in [0.15, 0.2) is 5.76 Å². The molecule has 5 rings (SSSR count). The van der Waals surface area contributed by atoms with Crippen LogP contribution >= 0.6 is 22.9 Å². The van der Waals surface area contributed by atoms with Crippen LogP contribution in [-0.2, 0) is 19.8 Å². The highest BCUT2D eigenvalue weighted by molar-refractivity contribution is 7.21. The lowest BCUT2D eigenvalue weighted by molar-refractivity contribution is -0.384. The summed E-state index contributed by atoms with van der Waals surface area (Å²) >= 11 is 6.64. The number of furan rings is 1. The van der Waals surface area contributed by atoms with E-state index >= 15 is 0 Å². The molecule has 0 fully saturated rings. The third-order valence-electron chi connectivity index (χ3n) is 6.32. The zero-order chi connectivity index (χ0) is 31.2. The first kappa shape index (κ1) is 29.5. The van der Waals surface area contributed by atoms with Gasteiger partial charge in [-0.25, -0.2) is 4.98 Å². The number of nitro benzene ring substituents is 1. The zero-order valence-electron chi connectivity index (χ0n) is 22.0. The second-order valence-electron chi connectivity index (χ2n) is 9.05. The van der Waals surface area contributed by atoms with Crippen LogP contribution in [-0.4, -0.2) is 31.5 Å². The Balaban J connectivity index is 1.49. The van der Waals surface area contributed by atoms with Gasteiger partial charge in [-0.1, -0.05) is 11.6 Å². The first-order chi connectivity index (χ1) is 20.2. The number of aromatic nitrogens is 3. The van der Waals surface area contributed by atoms with E-state index in [1.54, 1.807) is 14.0 Å². The average Bonchev–Trinajstić information content (AvgIpc) is 3.65. The van der Waals surface area contributed by atoms with Gasteiger partial charge in [-0.3, -0.25) is 24.4 Å². The second-order valence-corrected chi connectivity index (χ2v) is 10.5. The van der Waals surface area contributed by atoms with E-state index in [1.165, 1.54) is 35.1 Å². The summed E-state index contributed by atoms with van der Waals surface area (Å²) in [5.41, 5.74) is 4.87. The molecule has 0 aliphatic carbocycles. The molecule has 2 amide bonds. The molecule has 1 aromatic carbocycles. The number of aryl methyl sites for hydroxylation is 1. The number of halogens is 4. The van der Waals surface area contributed by atoms with Crippen LogP contribution in [0, 0.1) is 17.0 Å². The van der Waals surface area contributed by atoms with Crippen LogP contribution in [0.15, 0.2) is 47.0 Å². The van der Waals surface area contributed by atoms with Crippen LogP contribution < -0.4 is 15.8 Å². The number of thiophene rings is 1. The minimum Gasteiger partial charge on any atom is -0.484 e. The van der Waals surface area contributed by atoms with Crippen LogP contribution in [0.3, 0.4) is 0 Å². The van der Waals surface area contributed by atoms with Crippen LogP contribution in [0.5, 0.6) is 5.75 Å². The third-order valence-corrected chi connectivity index (χ3v) is 7.72. The molecule has 5 aromatic rings. The van der Waals surface area contributed by atoms with E-state index in [2.05, 4.69) is 15.4 Å². The number of non-ortho nitro benzene ring substituents is 1. The number of nitrogens with one attached hydrogen (secondary N) is 1. The SMILES string of the molecule is Cc1c(-c2cc(C(F)(F)F)nc3sc(C(N)=O)c(NC(=O)c4ccc(COc5ccc([N+](=O)[O-])cc5Cl)o4)c23)cnn1C. The lowest BCUT2D eigenvalue weighted by Gasteiger charge is -2.12. The van der Waals surface area contributed by atoms with Crippen molar-refractivity contribution in [3.8, 4) is 16.9 Å². The number of fused-ring (bicyclic) bond motifs is 1. The summed E-state index contributed by atoms with van der Waals surface area (Å²) in [7, 11) is 1.61. The highest BCUT2D eigenvalue weighted by atomic mass is 35.5. The molecule has 43 heavy (non-hydrogen) atoms. The predicted molar refractivity (Wildman–Crippen MR) is 149 cm³/mol. The third kappa shape index (κ3) is 5.74. The fourth-order valence-electron chi connectivity index (χ4n) is 4.13. The molecule has 3 N–H and O–H groups in total. The maximum atomic E-state index is 13.8. The Morgan fingerprint density at radius 2 is 1.98 bits per heavy atom. The average molecular weight is 635 g/mol. The van der Waals surface area contributed by atoms with Gasteiger partial charge in [0.2, 0.25) is 0 Å². The number of primary amides is 1. The van der Waals surface area contributed by atoms with E-state index in [0.29, 0.717) is 22.6 Å². The van der Waals surface area contributed by atoms with Gasteiger partial charge in [0.05, 0.1) is 21.8 Å². The molecule has 0 radical (unpaired) electrons. The number of nitrogens with zero attached hydrogens (tertiary/aromatic N) is 4. The number of rotatable bonds is 8. The molecule has 0 unspecified atom stereocenters. The van der Waals surface area contributed by atoms with Crippen molar-refractivity contribution in [1.82, 2.24) is 14.8 Å². The molecule has 4 aromatic heterocycles. The van der Waals surface area contributed by atoms with Crippen LogP contribution in [0.25, 0.3) is 21.3 Å². The number of benzene rings is 1. The molecule has 0 spiro atoms. The van der Waals surface area contributed by atoms with Crippen molar-refractivity contribution < 1.29 is 36.8 Å². The van der Waals surface area contributed by atoms with Crippen molar-refractivity contribution in [3.05, 3.63) is 85.5 Å². The van der Waals surface area contributed by atoms with E-state index in [0.717, 1.165) is 12.1 Å². The summed E-state index contributed by atoms with van der Waals surface area (Å²) in [6, 6.07) is 7.20. The van der Waals surface area contributed by atoms with Gasteiger partial charge in [-0.05, 0) is 36.8 Å². The molecule has 0 saturated carbocycles. The number of nitrogens with two attached hydrogens (primary N) is 1. The second kappa shape index (κ2) is 11.0. The molecule has 4 heterocycles. The van der Waals surface area contributed by atoms with Gasteiger partial charge in [0.1, 0.15) is 33.5 Å². The summed E-state index contributed by atoms with van der Waals surface area (Å²) in [6.45, 7) is 1.45. The fraction of sp³-hybridized carbons (Fsp3) is 0.154. The van der Waals surface area contributed by atoms with Crippen molar-refractivity contribution in [2.75, 3.05) is 5.32 Å². The van der Waals surface area contributed by atoms with Gasteiger partial charge in [-0.15, -0.1) is 11.3 Å². The van der Waals surface area contributed by atoms with E-state index in [4.69, 9.17) is 26.5 Å². The number of alkyl halides is 3. The summed E-state index contributed by atoms with van der Waals surface area (Å²) in [6.07, 6.45) is -3.43. The van der Waals surface area contributed by atoms with Gasteiger partial charge >= 0.3 is 6.18 Å². The van der Waals surface area contributed by atoms with E-state index in [-0.39, 0.29) is 60.9 Å². The number of nitro groups is 1. The smallest absolute Gasteiger partial charge is 0.433 e. The first-order valence-electron chi connectivity index (χ1n) is 12.0. The molecule has 0 atom stereocenters. The quantitative estimate of drug-likeness (QED) is 0.152. The standard InChI is InChI=1S/C26H18ClF3N6O6S/c1-11-15(9-32-35(11)2)14-8-19(26(28,29)30)33-25-20(14)21(22(43-25)23(31)37)34-24(38)18-6-4-13(42-18)10-41-17-5-3-12(36(39)40)7-16(17)27/h3-9H,10H2,1-2H3,(H2,31,37)(H,34,38). The fourth-order valence-corrected chi connectivity index (χ4v) is 5.37. The normalized spacial score (nSPS) is 11.6. The maximum Gasteiger partial charge on any atom is 0.433 e. The molecule has 0 bridgehead atoms. The molecule has 0 aliphatic heterocycles. The van der Waals surface area contributed by atoms with Crippen LogP contribution in [0.4, 0.5) is 24.5 Å². The van der Waals surface area contributed by atoms with Gasteiger partial charge in [0.25, 0.3) is 17.5 Å². The van der Waals surface area contributed by atoms with Crippen LogP contribution in [0.2, 0.25) is 5.02 Å². The summed E-state index contributed by atoms with van der Waals surface area (Å²) in [5, 5.41) is 17.6. The number of ether oxygens (including phenoxy) is 1. The maximum absolute atomic E-state index is 13.8. The van der Waals surface area contributed by atoms with E-state index in [9.17, 15) is 32.9 Å². The number of hydrogen-bond acceptors (Lipinski definition) is 9. The minimum absolute atomic E-state index is 0.0102. The Labute approximate surface area is 248 Å². The minimum atomic E-state index is -4.80. The van der Waals surface area contributed by atoms with Gasteiger partial charge in [0, 0.05) is 35.8 Å². The largest absolute Gasteiger partial charge is 0.484 e. The number of carbonyl (C=O) groups is 2. The summed E-state index contributed by atoms with van der Waals surface area (Å²) in [4.78, 5) is 39.2. The Hall–Kier alpha value is -4.96. The molecular weight excluding hydrogens is 617 g/mol. The van der Waals surface area contributed by atoms with Crippen molar-refractivity contribution in [1.29, 1.82) is 0 Å². The first-order valence-corrected chi connectivity index (χ1v) is 13.2. The number of pyridine rings is 1. The molecule has 0 saturated heterocycles. The Bertz CT molecular complexity index is 1930. The van der Waals surface area contributed by atoms with Crippen molar-refractivity contribution >= 4 is 56.3 Å². The Morgan fingerprint density at radius 1 is 1.23 bits per heavy atom. The number of amides is 2. The number of anilines is 1. The topological polar surface area (TPSA) is 168 Å². The van der Waals surface area contributed by atoms with Crippen molar-refractivity contribution in [2.24, 2.45) is 12.8 Å². The lowest BCUT2D eigenvalue weighted by Crippen LogP contribution is -2.16. The molecular formula is C26H18ClF3N6O6S. The Morgan fingerprint density at radius 3 is 2.58 bits per heavy atom. The van der Waals surface area contributed by atoms with E-state index < -0.39 is 28.6 Å². The van der Waals surface area contributed by atoms with Gasteiger partial charge < -0.3 is 20.2 Å². The predicted octanol–water partition coefficient (Wildman–Crippen LogP) is 6.11. The number of hydrogen-bond donors (Lipinski definition) is 2. The molecule has 12 nitrogen and oxygen atoms in total. The Kier molecular flexibility index (Phi) is 7.58. The zero-order valence-corrected chi connectivity index (χ0v) is 23.6. The molecule has 17 heteroatoms. The van der Waals surface area contributed by atoms with Crippen molar-refractivity contribution in [2.45, 2.75) is 19.7 Å².